The maximum Gasteiger partial charge on any atom is -0.00122 e. The lowest BCUT2D eigenvalue weighted by Crippen LogP contribution is -2.23. The van der Waals surface area contributed by atoms with Crippen molar-refractivity contribution in [2.45, 2.75) is 19.8 Å². The van der Waals surface area contributed by atoms with E-state index in [0.29, 0.717) is 0 Å². The highest BCUT2D eigenvalue weighted by atomic mass is 32.2. The van der Waals surface area contributed by atoms with E-state index in [2.05, 4.69) is 36.2 Å². The van der Waals surface area contributed by atoms with Crippen molar-refractivity contribution < 1.29 is 0 Å². The largest absolute Gasteiger partial charge is 0.316 e. The lowest BCUT2D eigenvalue weighted by molar-refractivity contribution is 0.527. The van der Waals surface area contributed by atoms with Gasteiger partial charge in [0, 0.05) is 0 Å². The van der Waals surface area contributed by atoms with Gasteiger partial charge in [0.15, 0.2) is 0 Å². The molecule has 1 aliphatic heterocycles. The van der Waals surface area contributed by atoms with Crippen LogP contribution in [0.5, 0.6) is 0 Å². The fraction of sp³-hybridized carbons (Fsp3) is 0.800. The van der Waals surface area contributed by atoms with Crippen LogP contribution in [-0.4, -0.2) is 24.6 Å². The standard InChI is InChI=1S/C10H19NS/c1-2-3-4-6-11-8-10-5-7-12-9-10/h2-3,10-11H,4-9H2,1H3/b3-2+. The molecule has 0 aromatic rings. The Bertz CT molecular complexity index is 128. The number of allylic oxidation sites excluding steroid dienone is 1. The van der Waals surface area contributed by atoms with Gasteiger partial charge < -0.3 is 5.32 Å². The van der Waals surface area contributed by atoms with E-state index < -0.39 is 0 Å². The minimum Gasteiger partial charge on any atom is -0.316 e. The maximum atomic E-state index is 3.50. The topological polar surface area (TPSA) is 12.0 Å². The van der Waals surface area contributed by atoms with Gasteiger partial charge in [-0.3, -0.25) is 0 Å². The molecule has 0 aromatic carbocycles. The van der Waals surface area contributed by atoms with Crippen LogP contribution in [0, 0.1) is 5.92 Å². The highest BCUT2D eigenvalue weighted by Gasteiger charge is 2.13. The molecule has 1 aliphatic rings. The number of thioether (sulfide) groups is 1. The van der Waals surface area contributed by atoms with E-state index in [0.717, 1.165) is 12.5 Å². The SMILES string of the molecule is C/C=C/CCNCC1CCSC1. The second-order valence-electron chi connectivity index (χ2n) is 3.29. The molecule has 1 heterocycles. The van der Waals surface area contributed by atoms with Gasteiger partial charge in [0.05, 0.1) is 0 Å². The van der Waals surface area contributed by atoms with Gasteiger partial charge in [-0.05, 0) is 50.3 Å². The van der Waals surface area contributed by atoms with E-state index in [-0.39, 0.29) is 0 Å². The first-order valence-electron chi connectivity index (χ1n) is 4.83. The summed E-state index contributed by atoms with van der Waals surface area (Å²) < 4.78 is 0. The Labute approximate surface area is 80.0 Å². The third-order valence-electron chi connectivity index (χ3n) is 2.18. The molecule has 0 aromatic heterocycles. The van der Waals surface area contributed by atoms with E-state index in [1.807, 2.05) is 0 Å². The molecule has 2 heteroatoms. The molecule has 0 bridgehead atoms. The Morgan fingerprint density at radius 1 is 1.58 bits per heavy atom. The molecular formula is C10H19NS. The first-order chi connectivity index (χ1) is 5.93. The predicted molar refractivity (Wildman–Crippen MR) is 57.7 cm³/mol. The third kappa shape index (κ3) is 4.17. The van der Waals surface area contributed by atoms with E-state index in [9.17, 15) is 0 Å². The molecule has 0 saturated carbocycles. The van der Waals surface area contributed by atoms with Gasteiger partial charge in [0.2, 0.25) is 0 Å². The molecule has 0 radical (unpaired) electrons. The van der Waals surface area contributed by atoms with Crippen LogP contribution in [0.3, 0.4) is 0 Å². The molecular weight excluding hydrogens is 166 g/mol. The average Bonchev–Trinajstić information content (AvgIpc) is 2.57. The predicted octanol–water partition coefficient (Wildman–Crippen LogP) is 2.30. The summed E-state index contributed by atoms with van der Waals surface area (Å²) in [4.78, 5) is 0. The molecule has 1 atom stereocenters. The Kier molecular flexibility index (Phi) is 5.53. The van der Waals surface area contributed by atoms with Gasteiger partial charge in [0.1, 0.15) is 0 Å². The van der Waals surface area contributed by atoms with E-state index in [4.69, 9.17) is 0 Å². The van der Waals surface area contributed by atoms with E-state index >= 15 is 0 Å². The lowest BCUT2D eigenvalue weighted by atomic mass is 10.1. The van der Waals surface area contributed by atoms with Crippen molar-refractivity contribution in [2.75, 3.05) is 24.6 Å². The van der Waals surface area contributed by atoms with Crippen molar-refractivity contribution in [3.8, 4) is 0 Å². The summed E-state index contributed by atoms with van der Waals surface area (Å²) >= 11 is 2.10. The summed E-state index contributed by atoms with van der Waals surface area (Å²) in [6.07, 6.45) is 6.93. The molecule has 0 amide bonds. The molecule has 1 saturated heterocycles. The number of hydrogen-bond donors (Lipinski definition) is 1. The quantitative estimate of drug-likeness (QED) is 0.521. The number of rotatable bonds is 5. The van der Waals surface area contributed by atoms with Gasteiger partial charge in [-0.25, -0.2) is 0 Å². The summed E-state index contributed by atoms with van der Waals surface area (Å²) in [5.41, 5.74) is 0. The van der Waals surface area contributed by atoms with E-state index in [1.54, 1.807) is 0 Å². The van der Waals surface area contributed by atoms with Crippen LogP contribution in [0.2, 0.25) is 0 Å². The van der Waals surface area contributed by atoms with Crippen molar-refractivity contribution in [2.24, 2.45) is 5.92 Å². The van der Waals surface area contributed by atoms with Crippen molar-refractivity contribution in [1.29, 1.82) is 0 Å². The molecule has 1 N–H and O–H groups in total. The smallest absolute Gasteiger partial charge is 0.00122 e. The summed E-state index contributed by atoms with van der Waals surface area (Å²) in [5.74, 6) is 3.69. The molecule has 1 fully saturated rings. The zero-order chi connectivity index (χ0) is 8.65. The van der Waals surface area contributed by atoms with Crippen molar-refractivity contribution in [3.63, 3.8) is 0 Å². The Balaban J connectivity index is 1.87. The first kappa shape index (κ1) is 10.1. The number of nitrogens with one attached hydrogen (secondary N) is 1. The zero-order valence-electron chi connectivity index (χ0n) is 7.88. The second-order valence-corrected chi connectivity index (χ2v) is 4.44. The summed E-state index contributed by atoms with van der Waals surface area (Å²) in [6, 6.07) is 0. The number of hydrogen-bond acceptors (Lipinski definition) is 2. The van der Waals surface area contributed by atoms with Crippen LogP contribution in [0.1, 0.15) is 19.8 Å². The summed E-state index contributed by atoms with van der Waals surface area (Å²) in [7, 11) is 0. The zero-order valence-corrected chi connectivity index (χ0v) is 8.70. The van der Waals surface area contributed by atoms with Crippen molar-refractivity contribution in [1.82, 2.24) is 5.32 Å². The molecule has 1 nitrogen and oxygen atoms in total. The van der Waals surface area contributed by atoms with Crippen LogP contribution in [-0.2, 0) is 0 Å². The van der Waals surface area contributed by atoms with Crippen LogP contribution in [0.25, 0.3) is 0 Å². The summed E-state index contributed by atoms with van der Waals surface area (Å²) in [6.45, 7) is 4.45. The Morgan fingerprint density at radius 3 is 3.17 bits per heavy atom. The minimum absolute atomic E-state index is 0.945. The monoisotopic (exact) mass is 185 g/mol. The Morgan fingerprint density at radius 2 is 2.50 bits per heavy atom. The van der Waals surface area contributed by atoms with Gasteiger partial charge in [-0.2, -0.15) is 11.8 Å². The van der Waals surface area contributed by atoms with Crippen LogP contribution < -0.4 is 5.32 Å². The highest BCUT2D eigenvalue weighted by Crippen LogP contribution is 2.22. The molecule has 0 spiro atoms. The van der Waals surface area contributed by atoms with Gasteiger partial charge >= 0.3 is 0 Å². The fourth-order valence-electron chi connectivity index (χ4n) is 1.40. The maximum absolute atomic E-state index is 3.50. The molecule has 1 unspecified atom stereocenters. The second kappa shape index (κ2) is 6.55. The fourth-order valence-corrected chi connectivity index (χ4v) is 2.69. The third-order valence-corrected chi connectivity index (χ3v) is 3.41. The summed E-state index contributed by atoms with van der Waals surface area (Å²) in [5, 5.41) is 3.50. The van der Waals surface area contributed by atoms with Crippen LogP contribution in [0.4, 0.5) is 0 Å². The van der Waals surface area contributed by atoms with Crippen molar-refractivity contribution in [3.05, 3.63) is 12.2 Å². The van der Waals surface area contributed by atoms with Crippen LogP contribution >= 0.6 is 11.8 Å². The van der Waals surface area contributed by atoms with Crippen LogP contribution in [0.15, 0.2) is 12.2 Å². The van der Waals surface area contributed by atoms with Gasteiger partial charge in [-0.1, -0.05) is 12.2 Å². The minimum atomic E-state index is 0.945. The lowest BCUT2D eigenvalue weighted by Gasteiger charge is -2.08. The highest BCUT2D eigenvalue weighted by molar-refractivity contribution is 7.99. The molecule has 0 aliphatic carbocycles. The Hall–Kier alpha value is 0.0500. The van der Waals surface area contributed by atoms with Gasteiger partial charge in [0.25, 0.3) is 0 Å². The molecule has 12 heavy (non-hydrogen) atoms. The first-order valence-corrected chi connectivity index (χ1v) is 5.98. The van der Waals surface area contributed by atoms with Gasteiger partial charge in [-0.15, -0.1) is 0 Å². The van der Waals surface area contributed by atoms with Crippen molar-refractivity contribution >= 4 is 11.8 Å². The molecule has 1 rings (SSSR count). The molecule has 70 valence electrons. The average molecular weight is 185 g/mol. The van der Waals surface area contributed by atoms with E-state index in [1.165, 1.54) is 30.9 Å². The normalized spacial score (nSPS) is 23.9.